The summed E-state index contributed by atoms with van der Waals surface area (Å²) < 4.78 is 5.27. The average Bonchev–Trinajstić information content (AvgIpc) is 2.47. The Morgan fingerprint density at radius 2 is 1.95 bits per heavy atom. The maximum Gasteiger partial charge on any atom is 0.410 e. The minimum Gasteiger partial charge on any atom is -0.445 e. The van der Waals surface area contributed by atoms with E-state index in [4.69, 9.17) is 16.3 Å². The first kappa shape index (κ1) is 13.8. The van der Waals surface area contributed by atoms with Gasteiger partial charge in [0.25, 0.3) is 0 Å². The van der Waals surface area contributed by atoms with E-state index in [1.165, 1.54) is 0 Å². The number of ether oxygens (including phenoxy) is 1. The van der Waals surface area contributed by atoms with Crippen LogP contribution >= 0.6 is 11.6 Å². The molecule has 1 aliphatic rings. The molecule has 0 unspecified atom stereocenters. The average molecular weight is 304 g/mol. The molecule has 0 bridgehead atoms. The van der Waals surface area contributed by atoms with E-state index in [2.05, 4.69) is 10.2 Å². The van der Waals surface area contributed by atoms with Crippen molar-refractivity contribution in [2.24, 2.45) is 0 Å². The summed E-state index contributed by atoms with van der Waals surface area (Å²) in [6.07, 6.45) is -0.294. The fourth-order valence-electron chi connectivity index (χ4n) is 2.17. The SMILES string of the molecule is O=C(OCc1ccccc1)N1CC(c2ccc(Cl)nn2)C1. The Balaban J connectivity index is 1.47. The van der Waals surface area contributed by atoms with Gasteiger partial charge in [-0.3, -0.25) is 0 Å². The minimum absolute atomic E-state index is 0.207. The lowest BCUT2D eigenvalue weighted by atomic mass is 9.97. The van der Waals surface area contributed by atoms with E-state index in [1.54, 1.807) is 11.0 Å². The molecule has 1 aromatic carbocycles. The molecule has 2 aromatic rings. The number of hydrogen-bond donors (Lipinski definition) is 0. The second-order valence-electron chi connectivity index (χ2n) is 4.92. The summed E-state index contributed by atoms with van der Waals surface area (Å²) in [5, 5.41) is 8.21. The van der Waals surface area contributed by atoms with Crippen molar-refractivity contribution in [3.8, 4) is 0 Å². The Bertz CT molecular complexity index is 613. The van der Waals surface area contributed by atoms with E-state index < -0.39 is 0 Å². The van der Waals surface area contributed by atoms with Crippen molar-refractivity contribution < 1.29 is 9.53 Å². The summed E-state index contributed by atoms with van der Waals surface area (Å²) in [5.41, 5.74) is 1.83. The highest BCUT2D eigenvalue weighted by atomic mass is 35.5. The zero-order valence-electron chi connectivity index (χ0n) is 11.3. The predicted octanol–water partition coefficient (Wildman–Crippen LogP) is 2.87. The van der Waals surface area contributed by atoms with Gasteiger partial charge < -0.3 is 9.64 Å². The van der Waals surface area contributed by atoms with Gasteiger partial charge in [-0.15, -0.1) is 5.10 Å². The van der Waals surface area contributed by atoms with E-state index in [0.717, 1.165) is 11.3 Å². The quantitative estimate of drug-likeness (QED) is 0.875. The van der Waals surface area contributed by atoms with Crippen LogP contribution in [0.4, 0.5) is 4.79 Å². The third kappa shape index (κ3) is 3.31. The van der Waals surface area contributed by atoms with Gasteiger partial charge in [-0.2, -0.15) is 5.10 Å². The Morgan fingerprint density at radius 1 is 1.19 bits per heavy atom. The predicted molar refractivity (Wildman–Crippen MR) is 78.0 cm³/mol. The molecule has 1 fully saturated rings. The first-order valence-electron chi connectivity index (χ1n) is 6.67. The standard InChI is InChI=1S/C15H14ClN3O2/c16-14-7-6-13(17-18-14)12-8-19(9-12)15(20)21-10-11-4-2-1-3-5-11/h1-7,12H,8-10H2. The van der Waals surface area contributed by atoms with Crippen LogP contribution in [0.2, 0.25) is 5.15 Å². The number of aromatic nitrogens is 2. The normalized spacial score (nSPS) is 14.6. The smallest absolute Gasteiger partial charge is 0.410 e. The molecule has 0 N–H and O–H groups in total. The number of halogens is 1. The highest BCUT2D eigenvalue weighted by Gasteiger charge is 2.33. The maximum absolute atomic E-state index is 11.9. The van der Waals surface area contributed by atoms with E-state index in [0.29, 0.717) is 24.8 Å². The number of amides is 1. The Morgan fingerprint density at radius 3 is 2.62 bits per heavy atom. The highest BCUT2D eigenvalue weighted by molar-refractivity contribution is 6.29. The number of likely N-dealkylation sites (tertiary alicyclic amines) is 1. The maximum atomic E-state index is 11.9. The third-order valence-electron chi connectivity index (χ3n) is 3.42. The molecule has 1 saturated heterocycles. The second-order valence-corrected chi connectivity index (χ2v) is 5.31. The molecule has 3 rings (SSSR count). The zero-order chi connectivity index (χ0) is 14.7. The molecule has 0 aliphatic carbocycles. The van der Waals surface area contributed by atoms with Gasteiger partial charge >= 0.3 is 6.09 Å². The van der Waals surface area contributed by atoms with Crippen LogP contribution in [0.15, 0.2) is 42.5 Å². The summed E-state index contributed by atoms with van der Waals surface area (Å²) in [4.78, 5) is 13.5. The van der Waals surface area contributed by atoms with Gasteiger partial charge in [-0.25, -0.2) is 4.79 Å². The number of carbonyl (C=O) groups is 1. The minimum atomic E-state index is -0.294. The van der Waals surface area contributed by atoms with Crippen molar-refractivity contribution >= 4 is 17.7 Å². The fraction of sp³-hybridized carbons (Fsp3) is 0.267. The summed E-state index contributed by atoms with van der Waals surface area (Å²) >= 11 is 5.70. The number of rotatable bonds is 3. The molecular formula is C15H14ClN3O2. The van der Waals surface area contributed by atoms with Gasteiger partial charge in [0, 0.05) is 19.0 Å². The van der Waals surface area contributed by atoms with E-state index in [1.807, 2.05) is 36.4 Å². The summed E-state index contributed by atoms with van der Waals surface area (Å²) in [5.74, 6) is 0.207. The summed E-state index contributed by atoms with van der Waals surface area (Å²) in [6.45, 7) is 1.50. The van der Waals surface area contributed by atoms with E-state index >= 15 is 0 Å². The monoisotopic (exact) mass is 303 g/mol. The number of nitrogens with zero attached hydrogens (tertiary/aromatic N) is 3. The largest absolute Gasteiger partial charge is 0.445 e. The molecule has 0 saturated carbocycles. The topological polar surface area (TPSA) is 55.3 Å². The molecule has 5 nitrogen and oxygen atoms in total. The first-order valence-corrected chi connectivity index (χ1v) is 7.05. The second kappa shape index (κ2) is 6.10. The van der Waals surface area contributed by atoms with E-state index in [9.17, 15) is 4.79 Å². The van der Waals surface area contributed by atoms with Gasteiger partial charge in [0.1, 0.15) is 6.61 Å². The van der Waals surface area contributed by atoms with Gasteiger partial charge in [0.05, 0.1) is 5.69 Å². The molecule has 1 aromatic heterocycles. The van der Waals surface area contributed by atoms with Crippen LogP contribution in [0.5, 0.6) is 0 Å². The molecule has 21 heavy (non-hydrogen) atoms. The summed E-state index contributed by atoms with van der Waals surface area (Å²) in [6, 6.07) is 13.2. The van der Waals surface area contributed by atoms with Crippen molar-refractivity contribution in [3.05, 3.63) is 58.9 Å². The number of hydrogen-bond acceptors (Lipinski definition) is 4. The van der Waals surface area contributed by atoms with Crippen LogP contribution in [0.1, 0.15) is 17.2 Å². The third-order valence-corrected chi connectivity index (χ3v) is 3.62. The van der Waals surface area contributed by atoms with Crippen LogP contribution in [-0.4, -0.2) is 34.3 Å². The zero-order valence-corrected chi connectivity index (χ0v) is 12.0. The Kier molecular flexibility index (Phi) is 4.01. The van der Waals surface area contributed by atoms with Crippen LogP contribution in [0, 0.1) is 0 Å². The van der Waals surface area contributed by atoms with Crippen LogP contribution < -0.4 is 0 Å². The molecule has 0 spiro atoms. The van der Waals surface area contributed by atoms with Crippen molar-refractivity contribution in [3.63, 3.8) is 0 Å². The van der Waals surface area contributed by atoms with E-state index in [-0.39, 0.29) is 12.0 Å². The lowest BCUT2D eigenvalue weighted by Gasteiger charge is -2.37. The molecule has 2 heterocycles. The molecular weight excluding hydrogens is 290 g/mol. The fourth-order valence-corrected chi connectivity index (χ4v) is 2.27. The molecule has 1 aliphatic heterocycles. The number of carbonyl (C=O) groups excluding carboxylic acids is 1. The van der Waals surface area contributed by atoms with Gasteiger partial charge in [-0.1, -0.05) is 41.9 Å². The van der Waals surface area contributed by atoms with Crippen molar-refractivity contribution in [2.45, 2.75) is 12.5 Å². The number of benzene rings is 1. The van der Waals surface area contributed by atoms with Crippen molar-refractivity contribution in [2.75, 3.05) is 13.1 Å². The molecule has 108 valence electrons. The molecule has 6 heteroatoms. The Labute approximate surface area is 127 Å². The lowest BCUT2D eigenvalue weighted by Crippen LogP contribution is -2.48. The van der Waals surface area contributed by atoms with Crippen molar-refractivity contribution in [1.29, 1.82) is 0 Å². The van der Waals surface area contributed by atoms with Crippen LogP contribution in [0.25, 0.3) is 0 Å². The van der Waals surface area contributed by atoms with Gasteiger partial charge in [0.2, 0.25) is 0 Å². The molecule has 1 amide bonds. The van der Waals surface area contributed by atoms with Gasteiger partial charge in [-0.05, 0) is 17.7 Å². The lowest BCUT2D eigenvalue weighted by molar-refractivity contribution is 0.0656. The Hall–Kier alpha value is -2.14. The molecule has 0 atom stereocenters. The van der Waals surface area contributed by atoms with Crippen molar-refractivity contribution in [1.82, 2.24) is 15.1 Å². The van der Waals surface area contributed by atoms with Gasteiger partial charge in [0.15, 0.2) is 5.15 Å². The highest BCUT2D eigenvalue weighted by Crippen LogP contribution is 2.26. The van der Waals surface area contributed by atoms with Crippen LogP contribution in [-0.2, 0) is 11.3 Å². The first-order chi connectivity index (χ1) is 10.2. The molecule has 0 radical (unpaired) electrons. The van der Waals surface area contributed by atoms with Crippen LogP contribution in [0.3, 0.4) is 0 Å². The summed E-state index contributed by atoms with van der Waals surface area (Å²) in [7, 11) is 0.